The number of oxime groups is 1. The third-order valence-corrected chi connectivity index (χ3v) is 4.51. The SMILES string of the molecule is CC1=NN(c2ccccc2)C(=O)C1(O)C/C(C)=N/OC(=O)c1ccc([N+](=O)[O-])cc1. The van der Waals surface area contributed by atoms with Crippen LogP contribution in [0.15, 0.2) is 64.9 Å². The molecule has 3 rings (SSSR count). The van der Waals surface area contributed by atoms with Gasteiger partial charge in [0.1, 0.15) is 0 Å². The quantitative estimate of drug-likeness (QED) is 0.337. The summed E-state index contributed by atoms with van der Waals surface area (Å²) in [6.45, 7) is 3.02. The van der Waals surface area contributed by atoms with Crippen LogP contribution in [0.25, 0.3) is 0 Å². The molecule has 10 nitrogen and oxygen atoms in total. The van der Waals surface area contributed by atoms with Gasteiger partial charge in [-0.15, -0.1) is 0 Å². The fourth-order valence-electron chi connectivity index (χ4n) is 2.85. The fourth-order valence-corrected chi connectivity index (χ4v) is 2.85. The van der Waals surface area contributed by atoms with Gasteiger partial charge < -0.3 is 9.94 Å². The predicted molar refractivity (Wildman–Crippen MR) is 108 cm³/mol. The Morgan fingerprint density at radius 1 is 1.23 bits per heavy atom. The van der Waals surface area contributed by atoms with E-state index in [9.17, 15) is 24.8 Å². The summed E-state index contributed by atoms with van der Waals surface area (Å²) in [5, 5.41) is 30.5. The van der Waals surface area contributed by atoms with Gasteiger partial charge >= 0.3 is 5.97 Å². The van der Waals surface area contributed by atoms with Crippen molar-refractivity contribution in [2.24, 2.45) is 10.3 Å². The average molecular weight is 410 g/mol. The smallest absolute Gasteiger partial charge is 0.365 e. The molecular weight excluding hydrogens is 392 g/mol. The van der Waals surface area contributed by atoms with Gasteiger partial charge in [-0.2, -0.15) is 10.1 Å². The van der Waals surface area contributed by atoms with E-state index in [-0.39, 0.29) is 29.1 Å². The van der Waals surface area contributed by atoms with Gasteiger partial charge in [-0.1, -0.05) is 23.4 Å². The Hall–Kier alpha value is -3.92. The lowest BCUT2D eigenvalue weighted by molar-refractivity contribution is -0.384. The molecule has 0 aliphatic carbocycles. The summed E-state index contributed by atoms with van der Waals surface area (Å²) in [5.41, 5.74) is -1.12. The topological polar surface area (TPSA) is 135 Å². The molecule has 0 saturated carbocycles. The van der Waals surface area contributed by atoms with E-state index < -0.39 is 22.4 Å². The number of benzene rings is 2. The van der Waals surface area contributed by atoms with Crippen LogP contribution >= 0.6 is 0 Å². The maximum atomic E-state index is 12.8. The first-order valence-electron chi connectivity index (χ1n) is 8.89. The number of rotatable bonds is 6. The molecule has 1 N–H and O–H groups in total. The third-order valence-electron chi connectivity index (χ3n) is 4.51. The van der Waals surface area contributed by atoms with Gasteiger partial charge in [-0.05, 0) is 38.1 Å². The number of carbonyl (C=O) groups excluding carboxylic acids is 2. The second-order valence-electron chi connectivity index (χ2n) is 6.68. The fraction of sp³-hybridized carbons (Fsp3) is 0.200. The Bertz CT molecular complexity index is 1050. The molecule has 1 aliphatic heterocycles. The third kappa shape index (κ3) is 4.08. The molecular formula is C20H18N4O6. The lowest BCUT2D eigenvalue weighted by Crippen LogP contribution is -2.47. The number of hydrogen-bond acceptors (Lipinski definition) is 8. The largest absolute Gasteiger partial charge is 0.374 e. The molecule has 30 heavy (non-hydrogen) atoms. The van der Waals surface area contributed by atoms with Crippen LogP contribution in [-0.2, 0) is 9.63 Å². The average Bonchev–Trinajstić information content (AvgIpc) is 2.96. The van der Waals surface area contributed by atoms with E-state index in [2.05, 4.69) is 10.3 Å². The molecule has 1 amide bonds. The maximum Gasteiger partial charge on any atom is 0.365 e. The van der Waals surface area contributed by atoms with Crippen LogP contribution in [0.2, 0.25) is 0 Å². The second kappa shape index (κ2) is 8.21. The Morgan fingerprint density at radius 3 is 2.47 bits per heavy atom. The van der Waals surface area contributed by atoms with Crippen molar-refractivity contribution in [2.45, 2.75) is 25.9 Å². The van der Waals surface area contributed by atoms with Crippen molar-refractivity contribution in [3.05, 3.63) is 70.3 Å². The minimum absolute atomic E-state index is 0.0702. The number of hydrazone groups is 1. The summed E-state index contributed by atoms with van der Waals surface area (Å²) < 4.78 is 0. The van der Waals surface area contributed by atoms with E-state index in [1.165, 1.54) is 38.1 Å². The lowest BCUT2D eigenvalue weighted by Gasteiger charge is -2.21. The number of carbonyl (C=O) groups is 2. The zero-order valence-electron chi connectivity index (χ0n) is 16.2. The minimum Gasteiger partial charge on any atom is -0.374 e. The van der Waals surface area contributed by atoms with Crippen molar-refractivity contribution in [2.75, 3.05) is 5.01 Å². The molecule has 0 aromatic heterocycles. The first-order chi connectivity index (χ1) is 14.2. The Morgan fingerprint density at radius 2 is 1.87 bits per heavy atom. The molecule has 1 atom stereocenters. The van der Waals surface area contributed by atoms with Crippen molar-refractivity contribution in [3.8, 4) is 0 Å². The summed E-state index contributed by atoms with van der Waals surface area (Å²) in [4.78, 5) is 39.7. The highest BCUT2D eigenvalue weighted by Crippen LogP contribution is 2.29. The van der Waals surface area contributed by atoms with Crippen LogP contribution in [0, 0.1) is 10.1 Å². The number of nitro groups is 1. The molecule has 1 unspecified atom stereocenters. The van der Waals surface area contributed by atoms with Crippen LogP contribution in [0.5, 0.6) is 0 Å². The van der Waals surface area contributed by atoms with Crippen LogP contribution in [0.1, 0.15) is 30.6 Å². The molecule has 1 aliphatic rings. The Kier molecular flexibility index (Phi) is 5.70. The van der Waals surface area contributed by atoms with Crippen molar-refractivity contribution >= 4 is 34.7 Å². The van der Waals surface area contributed by atoms with Crippen molar-refractivity contribution in [1.29, 1.82) is 0 Å². The molecule has 154 valence electrons. The van der Waals surface area contributed by atoms with Gasteiger partial charge in [-0.25, -0.2) is 4.79 Å². The molecule has 0 radical (unpaired) electrons. The zero-order valence-corrected chi connectivity index (χ0v) is 16.2. The number of aliphatic hydroxyl groups is 1. The minimum atomic E-state index is -1.91. The molecule has 0 saturated heterocycles. The molecule has 10 heteroatoms. The number of anilines is 1. The summed E-state index contributed by atoms with van der Waals surface area (Å²) in [6.07, 6.45) is -0.224. The zero-order chi connectivity index (χ0) is 21.9. The highest BCUT2D eigenvalue weighted by atomic mass is 16.7. The standard InChI is InChI=1S/C20H18N4O6/c1-13(22-30-18(25)15-8-10-17(11-9-15)24(28)29)12-20(27)14(2)21-23(19(20)26)16-6-4-3-5-7-16/h3-11,27H,12H2,1-2H3/b22-13+. The lowest BCUT2D eigenvalue weighted by atomic mass is 9.92. The normalized spacial score (nSPS) is 18.9. The van der Waals surface area contributed by atoms with Gasteiger partial charge in [0.15, 0.2) is 5.60 Å². The van der Waals surface area contributed by atoms with Gasteiger partial charge in [0.25, 0.3) is 11.6 Å². The summed E-state index contributed by atoms with van der Waals surface area (Å²) in [7, 11) is 0. The van der Waals surface area contributed by atoms with E-state index in [1.54, 1.807) is 30.3 Å². The maximum absolute atomic E-state index is 12.8. The summed E-state index contributed by atoms with van der Waals surface area (Å²) in [6, 6.07) is 13.5. The molecule has 0 fully saturated rings. The van der Waals surface area contributed by atoms with Crippen LogP contribution < -0.4 is 5.01 Å². The monoisotopic (exact) mass is 410 g/mol. The van der Waals surface area contributed by atoms with Gasteiger partial charge in [-0.3, -0.25) is 14.9 Å². The Labute approximate surface area is 171 Å². The molecule has 2 aromatic rings. The highest BCUT2D eigenvalue weighted by molar-refractivity contribution is 6.22. The van der Waals surface area contributed by atoms with E-state index in [4.69, 9.17) is 4.84 Å². The summed E-state index contributed by atoms with van der Waals surface area (Å²) in [5.74, 6) is -1.47. The Balaban J connectivity index is 1.68. The highest BCUT2D eigenvalue weighted by Gasteiger charge is 2.48. The number of para-hydroxylation sites is 1. The number of hydrogen-bond donors (Lipinski definition) is 1. The first kappa shape index (κ1) is 20.8. The van der Waals surface area contributed by atoms with E-state index in [1.807, 2.05) is 0 Å². The van der Waals surface area contributed by atoms with Crippen LogP contribution in [-0.4, -0.2) is 38.9 Å². The molecule has 2 aromatic carbocycles. The van der Waals surface area contributed by atoms with Gasteiger partial charge in [0, 0.05) is 18.6 Å². The number of nitro benzene ring substituents is 1. The van der Waals surface area contributed by atoms with Crippen molar-refractivity contribution in [1.82, 2.24) is 0 Å². The van der Waals surface area contributed by atoms with E-state index >= 15 is 0 Å². The van der Waals surface area contributed by atoms with Crippen LogP contribution in [0.3, 0.4) is 0 Å². The predicted octanol–water partition coefficient (Wildman–Crippen LogP) is 2.67. The molecule has 0 bridgehead atoms. The van der Waals surface area contributed by atoms with Gasteiger partial charge in [0.2, 0.25) is 0 Å². The van der Waals surface area contributed by atoms with Crippen molar-refractivity contribution < 1.29 is 24.5 Å². The number of non-ortho nitro benzene ring substituents is 1. The number of nitrogens with zero attached hydrogens (tertiary/aromatic N) is 4. The molecule has 1 heterocycles. The second-order valence-corrected chi connectivity index (χ2v) is 6.68. The summed E-state index contributed by atoms with van der Waals surface area (Å²) >= 11 is 0. The first-order valence-corrected chi connectivity index (χ1v) is 8.89. The van der Waals surface area contributed by atoms with Crippen LogP contribution in [0.4, 0.5) is 11.4 Å². The molecule has 0 spiro atoms. The van der Waals surface area contributed by atoms with Crippen molar-refractivity contribution in [3.63, 3.8) is 0 Å². The van der Waals surface area contributed by atoms with E-state index in [0.717, 1.165) is 5.01 Å². The van der Waals surface area contributed by atoms with E-state index in [0.29, 0.717) is 5.69 Å². The van der Waals surface area contributed by atoms with Gasteiger partial charge in [0.05, 0.1) is 27.6 Å². The number of amides is 1.